The van der Waals surface area contributed by atoms with Crippen LogP contribution in [0.2, 0.25) is 0 Å². The number of aliphatic hydroxyl groups is 1. The molecular weight excluding hydrogens is 224 g/mol. The molecule has 0 radical (unpaired) electrons. The summed E-state index contributed by atoms with van der Waals surface area (Å²) in [5.74, 6) is -4.42. The molecule has 1 nitrogen and oxygen atoms in total. The van der Waals surface area contributed by atoms with E-state index in [4.69, 9.17) is 5.11 Å². The first-order valence-electron chi connectivity index (χ1n) is 4.82. The van der Waals surface area contributed by atoms with Crippen molar-refractivity contribution in [2.75, 3.05) is 0 Å². The van der Waals surface area contributed by atoms with Gasteiger partial charge in [-0.1, -0.05) is 31.2 Å². The van der Waals surface area contributed by atoms with E-state index in [2.05, 4.69) is 0 Å². The van der Waals surface area contributed by atoms with Crippen molar-refractivity contribution in [2.45, 2.75) is 31.8 Å². The maximum Gasteiger partial charge on any atom is 0.336 e. The number of rotatable bonds is 4. The van der Waals surface area contributed by atoms with Crippen LogP contribution in [-0.4, -0.2) is 17.5 Å². The maximum atomic E-state index is 12.8. The lowest BCUT2D eigenvalue weighted by Crippen LogP contribution is -2.34. The lowest BCUT2D eigenvalue weighted by Gasteiger charge is -2.21. The van der Waals surface area contributed by atoms with Gasteiger partial charge in [0.1, 0.15) is 6.10 Å². The predicted octanol–water partition coefficient (Wildman–Crippen LogP) is 3.18. The van der Waals surface area contributed by atoms with Crippen LogP contribution in [0.25, 0.3) is 0 Å². The summed E-state index contributed by atoms with van der Waals surface area (Å²) in [6.07, 6.45) is -5.64. The number of benzene rings is 1. The van der Waals surface area contributed by atoms with E-state index >= 15 is 0 Å². The normalized spacial score (nSPS) is 14.2. The van der Waals surface area contributed by atoms with Crippen molar-refractivity contribution in [3.63, 3.8) is 0 Å². The highest BCUT2D eigenvalue weighted by atomic mass is 19.3. The summed E-state index contributed by atoms with van der Waals surface area (Å²) in [5.41, 5.74) is 0.679. The molecule has 1 unspecified atom stereocenters. The van der Waals surface area contributed by atoms with Gasteiger partial charge in [0.25, 0.3) is 0 Å². The van der Waals surface area contributed by atoms with E-state index in [9.17, 15) is 17.6 Å². The van der Waals surface area contributed by atoms with Crippen molar-refractivity contribution in [1.82, 2.24) is 0 Å². The zero-order valence-electron chi connectivity index (χ0n) is 8.63. The van der Waals surface area contributed by atoms with E-state index in [0.29, 0.717) is 6.42 Å². The van der Waals surface area contributed by atoms with Crippen molar-refractivity contribution >= 4 is 0 Å². The standard InChI is InChI=1S/C11H12F4O/c1-2-7-3-5-8(6-4-7)9(16)11(14,15)10(12)13/h3-6,9-10,16H,2H2,1H3. The molecule has 0 aliphatic heterocycles. The van der Waals surface area contributed by atoms with Crippen LogP contribution in [-0.2, 0) is 6.42 Å². The van der Waals surface area contributed by atoms with Gasteiger partial charge in [-0.05, 0) is 17.5 Å². The number of alkyl halides is 4. The third-order valence-electron chi connectivity index (χ3n) is 2.36. The summed E-state index contributed by atoms with van der Waals surface area (Å²) in [6.45, 7) is 1.87. The molecule has 0 amide bonds. The van der Waals surface area contributed by atoms with E-state index in [-0.39, 0.29) is 5.56 Å². The zero-order chi connectivity index (χ0) is 12.3. The van der Waals surface area contributed by atoms with Crippen LogP contribution >= 0.6 is 0 Å². The van der Waals surface area contributed by atoms with Gasteiger partial charge in [-0.25, -0.2) is 8.78 Å². The second-order valence-electron chi connectivity index (χ2n) is 3.47. The Morgan fingerprint density at radius 1 is 1.19 bits per heavy atom. The first kappa shape index (κ1) is 13.0. The Balaban J connectivity index is 2.91. The minimum atomic E-state index is -4.42. The first-order chi connectivity index (χ1) is 7.39. The molecule has 16 heavy (non-hydrogen) atoms. The maximum absolute atomic E-state index is 12.8. The highest BCUT2D eigenvalue weighted by molar-refractivity contribution is 5.25. The van der Waals surface area contributed by atoms with Gasteiger partial charge < -0.3 is 5.11 Å². The molecule has 0 aliphatic rings. The first-order valence-corrected chi connectivity index (χ1v) is 4.82. The third kappa shape index (κ3) is 2.52. The van der Waals surface area contributed by atoms with Crippen molar-refractivity contribution in [3.05, 3.63) is 35.4 Å². The molecule has 0 bridgehead atoms. The lowest BCUT2D eigenvalue weighted by atomic mass is 10.0. The number of halogens is 4. The van der Waals surface area contributed by atoms with Crippen molar-refractivity contribution in [1.29, 1.82) is 0 Å². The van der Waals surface area contributed by atoms with Crippen LogP contribution in [0.3, 0.4) is 0 Å². The minimum absolute atomic E-state index is 0.206. The second-order valence-corrected chi connectivity index (χ2v) is 3.47. The van der Waals surface area contributed by atoms with Gasteiger partial charge >= 0.3 is 12.3 Å². The SMILES string of the molecule is CCc1ccc(C(O)C(F)(F)C(F)F)cc1. The Bertz CT molecular complexity index is 334. The van der Waals surface area contributed by atoms with Gasteiger partial charge in [-0.15, -0.1) is 0 Å². The van der Waals surface area contributed by atoms with Crippen LogP contribution < -0.4 is 0 Å². The molecule has 0 spiro atoms. The second kappa shape index (κ2) is 4.82. The molecule has 5 heteroatoms. The van der Waals surface area contributed by atoms with Gasteiger partial charge in [0.2, 0.25) is 0 Å². The molecule has 1 aromatic carbocycles. The Kier molecular flexibility index (Phi) is 3.91. The van der Waals surface area contributed by atoms with Crippen LogP contribution in [0.1, 0.15) is 24.2 Å². The van der Waals surface area contributed by atoms with Crippen molar-refractivity contribution in [2.24, 2.45) is 0 Å². The topological polar surface area (TPSA) is 20.2 Å². The molecule has 0 aromatic heterocycles. The van der Waals surface area contributed by atoms with Crippen LogP contribution in [0.15, 0.2) is 24.3 Å². The molecule has 1 aromatic rings. The van der Waals surface area contributed by atoms with E-state index in [0.717, 1.165) is 5.56 Å². The van der Waals surface area contributed by atoms with Crippen LogP contribution in [0.5, 0.6) is 0 Å². The van der Waals surface area contributed by atoms with Gasteiger partial charge in [-0.3, -0.25) is 0 Å². The summed E-state index contributed by atoms with van der Waals surface area (Å²) >= 11 is 0. The van der Waals surface area contributed by atoms with E-state index in [1.165, 1.54) is 24.3 Å². The third-order valence-corrected chi connectivity index (χ3v) is 2.36. The van der Waals surface area contributed by atoms with Gasteiger partial charge in [0.05, 0.1) is 0 Å². The Morgan fingerprint density at radius 3 is 2.06 bits per heavy atom. The molecule has 1 rings (SSSR count). The molecule has 1 atom stereocenters. The minimum Gasteiger partial charge on any atom is -0.382 e. The number of aliphatic hydroxyl groups excluding tert-OH is 1. The summed E-state index contributed by atoms with van der Waals surface area (Å²) < 4.78 is 49.6. The van der Waals surface area contributed by atoms with E-state index in [1.807, 2.05) is 6.92 Å². The van der Waals surface area contributed by atoms with Gasteiger partial charge in [-0.2, -0.15) is 8.78 Å². The van der Waals surface area contributed by atoms with Crippen molar-refractivity contribution in [3.8, 4) is 0 Å². The molecular formula is C11H12F4O. The molecule has 0 heterocycles. The number of aryl methyl sites for hydroxylation is 1. The molecule has 90 valence electrons. The molecule has 1 N–H and O–H groups in total. The molecule has 0 saturated carbocycles. The average Bonchev–Trinajstić information content (AvgIpc) is 2.28. The Labute approximate surface area is 90.7 Å². The van der Waals surface area contributed by atoms with Crippen molar-refractivity contribution < 1.29 is 22.7 Å². The smallest absolute Gasteiger partial charge is 0.336 e. The fourth-order valence-electron chi connectivity index (χ4n) is 1.28. The van der Waals surface area contributed by atoms with Gasteiger partial charge in [0.15, 0.2) is 0 Å². The monoisotopic (exact) mass is 236 g/mol. The quantitative estimate of drug-likeness (QED) is 0.796. The summed E-state index contributed by atoms with van der Waals surface area (Å²) in [7, 11) is 0. The highest BCUT2D eigenvalue weighted by Gasteiger charge is 2.48. The Morgan fingerprint density at radius 2 is 1.69 bits per heavy atom. The molecule has 0 saturated heterocycles. The predicted molar refractivity (Wildman–Crippen MR) is 51.7 cm³/mol. The highest BCUT2D eigenvalue weighted by Crippen LogP contribution is 2.36. The molecule has 0 aliphatic carbocycles. The lowest BCUT2D eigenvalue weighted by molar-refractivity contribution is -0.193. The summed E-state index contributed by atoms with van der Waals surface area (Å²) in [6, 6.07) is 5.53. The van der Waals surface area contributed by atoms with E-state index in [1.54, 1.807) is 0 Å². The molecule has 0 fully saturated rings. The zero-order valence-corrected chi connectivity index (χ0v) is 8.63. The number of hydrogen-bond acceptors (Lipinski definition) is 1. The number of hydrogen-bond donors (Lipinski definition) is 1. The van der Waals surface area contributed by atoms with Gasteiger partial charge in [0, 0.05) is 0 Å². The van der Waals surface area contributed by atoms with Crippen LogP contribution in [0, 0.1) is 0 Å². The fraction of sp³-hybridized carbons (Fsp3) is 0.455. The summed E-state index contributed by atoms with van der Waals surface area (Å²) in [5, 5.41) is 9.15. The van der Waals surface area contributed by atoms with Crippen LogP contribution in [0.4, 0.5) is 17.6 Å². The average molecular weight is 236 g/mol. The summed E-state index contributed by atoms with van der Waals surface area (Å²) in [4.78, 5) is 0. The fourth-order valence-corrected chi connectivity index (χ4v) is 1.28. The largest absolute Gasteiger partial charge is 0.382 e. The Hall–Kier alpha value is -1.10. The van der Waals surface area contributed by atoms with E-state index < -0.39 is 18.5 Å².